The summed E-state index contributed by atoms with van der Waals surface area (Å²) in [5.41, 5.74) is 13.1. The number of carboxylic acid groups (broad SMARTS) is 1. The molecule has 3 aromatic carbocycles. The maximum atomic E-state index is 14.1. The number of aliphatic imine (C=N–C) groups is 1. The van der Waals surface area contributed by atoms with Crippen molar-refractivity contribution in [3.8, 4) is 0 Å². The van der Waals surface area contributed by atoms with Crippen molar-refractivity contribution in [2.45, 2.75) is 50.4 Å². The van der Waals surface area contributed by atoms with Crippen molar-refractivity contribution in [1.29, 1.82) is 0 Å². The van der Waals surface area contributed by atoms with Crippen molar-refractivity contribution in [2.75, 3.05) is 6.54 Å². The van der Waals surface area contributed by atoms with Crippen LogP contribution in [0, 0.1) is 0 Å². The fraction of sp³-hybridized carbons (Fsp3) is 0.257. The van der Waals surface area contributed by atoms with E-state index < -0.39 is 53.8 Å². The molecule has 4 rings (SSSR count). The van der Waals surface area contributed by atoms with E-state index in [-0.39, 0.29) is 25.3 Å². The third-order valence-electron chi connectivity index (χ3n) is 7.72. The van der Waals surface area contributed by atoms with Gasteiger partial charge in [0.15, 0.2) is 12.0 Å². The first-order valence-electron chi connectivity index (χ1n) is 15.6. The Morgan fingerprint density at radius 2 is 1.31 bits per heavy atom. The number of aromatic nitrogens is 1. The lowest BCUT2D eigenvalue weighted by Crippen LogP contribution is -2.54. The normalized spacial score (nSPS) is 13.2. The van der Waals surface area contributed by atoms with Crippen molar-refractivity contribution in [1.82, 2.24) is 26.3 Å². The Morgan fingerprint density at radius 1 is 0.735 bits per heavy atom. The Hall–Kier alpha value is -6.18. The number of aliphatic carboxylic acids is 1. The number of nitrogens with zero attached hydrogens (tertiary/aromatic N) is 1. The number of aromatic amines is 1. The average molecular weight is 669 g/mol. The van der Waals surface area contributed by atoms with Gasteiger partial charge in [0.1, 0.15) is 18.1 Å². The predicted octanol–water partition coefficient (Wildman–Crippen LogP) is 1.55. The zero-order chi connectivity index (χ0) is 35.3. The molecule has 0 saturated carbocycles. The molecule has 0 radical (unpaired) electrons. The first-order chi connectivity index (χ1) is 23.5. The van der Waals surface area contributed by atoms with E-state index in [0.717, 1.165) is 10.9 Å². The number of fused-ring (bicyclic) bond motifs is 1. The molecule has 0 bridgehead atoms. The molecule has 0 aliphatic rings. The number of amides is 4. The SMILES string of the molecule is CC(=O)N[C@@H](CCCN=C(N)N)C(=O)NC(C(=O)N[C@@H](Cc1c[nH]c2ccccc12)C(=O)NC(C(=O)O)c1ccccc1)c1ccccc1. The Labute approximate surface area is 282 Å². The van der Waals surface area contributed by atoms with E-state index in [1.807, 2.05) is 24.3 Å². The number of hydrogen-bond donors (Lipinski definition) is 8. The topological polar surface area (TPSA) is 234 Å². The zero-order valence-corrected chi connectivity index (χ0v) is 26.9. The van der Waals surface area contributed by atoms with Crippen LogP contribution in [-0.4, -0.2) is 64.3 Å². The number of H-pyrrole nitrogens is 1. The van der Waals surface area contributed by atoms with Crippen LogP contribution in [0.25, 0.3) is 10.9 Å². The molecule has 0 spiro atoms. The minimum Gasteiger partial charge on any atom is -0.479 e. The quantitative estimate of drug-likeness (QED) is 0.0494. The molecule has 4 atom stereocenters. The van der Waals surface area contributed by atoms with Crippen LogP contribution in [0.15, 0.2) is 96.1 Å². The molecule has 1 heterocycles. The number of benzene rings is 3. The van der Waals surface area contributed by atoms with Crippen LogP contribution in [0.3, 0.4) is 0 Å². The minimum absolute atomic E-state index is 0.00250. The number of hydrogen-bond acceptors (Lipinski definition) is 6. The second-order valence-corrected chi connectivity index (χ2v) is 11.4. The summed E-state index contributed by atoms with van der Waals surface area (Å²) in [5.74, 6) is -3.96. The number of carbonyl (C=O) groups is 5. The van der Waals surface area contributed by atoms with Crippen LogP contribution in [0.1, 0.15) is 48.5 Å². The number of para-hydroxylation sites is 1. The zero-order valence-electron chi connectivity index (χ0n) is 26.9. The Bertz CT molecular complexity index is 1790. The average Bonchev–Trinajstić information content (AvgIpc) is 3.49. The van der Waals surface area contributed by atoms with Crippen LogP contribution in [0.2, 0.25) is 0 Å². The van der Waals surface area contributed by atoms with Gasteiger partial charge in [-0.3, -0.25) is 24.2 Å². The van der Waals surface area contributed by atoms with E-state index >= 15 is 0 Å². The van der Waals surface area contributed by atoms with Gasteiger partial charge in [-0.15, -0.1) is 0 Å². The highest BCUT2D eigenvalue weighted by Crippen LogP contribution is 2.21. The third kappa shape index (κ3) is 10.2. The minimum atomic E-state index is -1.39. The van der Waals surface area contributed by atoms with Crippen molar-refractivity contribution in [2.24, 2.45) is 16.5 Å². The van der Waals surface area contributed by atoms with Crippen molar-refractivity contribution < 1.29 is 29.1 Å². The van der Waals surface area contributed by atoms with E-state index in [4.69, 9.17) is 11.5 Å². The van der Waals surface area contributed by atoms with Crippen molar-refractivity contribution >= 4 is 46.5 Å². The summed E-state index contributed by atoms with van der Waals surface area (Å²) in [4.78, 5) is 72.8. The van der Waals surface area contributed by atoms with Gasteiger partial charge in [0.25, 0.3) is 0 Å². The number of carboxylic acids is 1. The molecule has 0 aliphatic heterocycles. The highest BCUT2D eigenvalue weighted by atomic mass is 16.4. The van der Waals surface area contributed by atoms with E-state index in [1.165, 1.54) is 6.92 Å². The van der Waals surface area contributed by atoms with Gasteiger partial charge >= 0.3 is 5.97 Å². The molecule has 14 heteroatoms. The molecule has 4 aromatic rings. The summed E-state index contributed by atoms with van der Waals surface area (Å²) in [6, 6.07) is 19.1. The van der Waals surface area contributed by atoms with Crippen LogP contribution in [-0.2, 0) is 30.4 Å². The third-order valence-corrected chi connectivity index (χ3v) is 7.72. The molecule has 1 aromatic heterocycles. The van der Waals surface area contributed by atoms with Crippen LogP contribution in [0.4, 0.5) is 0 Å². The molecular formula is C35H40N8O6. The first kappa shape index (κ1) is 35.7. The summed E-state index contributed by atoms with van der Waals surface area (Å²) in [5, 5.41) is 21.5. The second-order valence-electron chi connectivity index (χ2n) is 11.4. The smallest absolute Gasteiger partial charge is 0.330 e. The van der Waals surface area contributed by atoms with Gasteiger partial charge in [-0.2, -0.15) is 0 Å². The Morgan fingerprint density at radius 3 is 1.92 bits per heavy atom. The number of nitrogens with one attached hydrogen (secondary N) is 5. The lowest BCUT2D eigenvalue weighted by molar-refractivity contribution is -0.142. The van der Waals surface area contributed by atoms with Crippen molar-refractivity contribution in [3.63, 3.8) is 0 Å². The molecule has 256 valence electrons. The van der Waals surface area contributed by atoms with Crippen molar-refractivity contribution in [3.05, 3.63) is 108 Å². The largest absolute Gasteiger partial charge is 0.479 e. The molecule has 0 aliphatic carbocycles. The standard InChI is InChI=1S/C35H40N8O6/c1-21(44)40-27(17-10-18-38-35(36)37)31(45)42-29(22-11-4-2-5-12-22)33(47)41-28(19-24-20-39-26-16-9-8-15-25(24)26)32(46)43-30(34(48)49)23-13-6-3-7-14-23/h2-9,11-16,20,27-30,39H,10,17-19H2,1H3,(H,40,44)(H,41,47)(H,42,45)(H,43,46)(H,48,49)(H4,36,37,38)/t27-,28-,29?,30?/m0/s1. The number of carbonyl (C=O) groups excluding carboxylic acids is 4. The monoisotopic (exact) mass is 668 g/mol. The van der Waals surface area contributed by atoms with Crippen LogP contribution >= 0.6 is 0 Å². The lowest BCUT2D eigenvalue weighted by Gasteiger charge is -2.26. The maximum Gasteiger partial charge on any atom is 0.330 e. The second kappa shape index (κ2) is 17.1. The fourth-order valence-corrected chi connectivity index (χ4v) is 5.37. The van der Waals surface area contributed by atoms with Gasteiger partial charge in [0, 0.05) is 37.0 Å². The van der Waals surface area contributed by atoms with Crippen LogP contribution in [0.5, 0.6) is 0 Å². The van der Waals surface area contributed by atoms with Gasteiger partial charge in [-0.1, -0.05) is 78.9 Å². The van der Waals surface area contributed by atoms with Gasteiger partial charge < -0.3 is 42.8 Å². The summed E-state index contributed by atoms with van der Waals surface area (Å²) >= 11 is 0. The molecule has 10 N–H and O–H groups in total. The molecule has 14 nitrogen and oxygen atoms in total. The van der Waals surface area contributed by atoms with E-state index in [1.54, 1.807) is 66.9 Å². The van der Waals surface area contributed by atoms with Gasteiger partial charge in [-0.05, 0) is 35.6 Å². The highest BCUT2D eigenvalue weighted by Gasteiger charge is 2.33. The molecule has 0 saturated heterocycles. The summed E-state index contributed by atoms with van der Waals surface area (Å²) in [6.07, 6.45) is 2.25. The fourth-order valence-electron chi connectivity index (χ4n) is 5.37. The Kier molecular flexibility index (Phi) is 12.5. The highest BCUT2D eigenvalue weighted by molar-refractivity contribution is 5.96. The van der Waals surface area contributed by atoms with Gasteiger partial charge in [0.2, 0.25) is 23.6 Å². The predicted molar refractivity (Wildman–Crippen MR) is 184 cm³/mol. The summed E-state index contributed by atoms with van der Waals surface area (Å²) in [6.45, 7) is 1.49. The molecule has 2 unspecified atom stereocenters. The van der Waals surface area contributed by atoms with E-state index in [9.17, 15) is 29.1 Å². The number of guanidine groups is 1. The van der Waals surface area contributed by atoms with Gasteiger partial charge in [-0.25, -0.2) is 4.79 Å². The summed E-state index contributed by atoms with van der Waals surface area (Å²) < 4.78 is 0. The summed E-state index contributed by atoms with van der Waals surface area (Å²) in [7, 11) is 0. The number of nitrogens with two attached hydrogens (primary N) is 2. The molecule has 0 fully saturated rings. The van der Waals surface area contributed by atoms with Gasteiger partial charge in [0.05, 0.1) is 0 Å². The lowest BCUT2D eigenvalue weighted by atomic mass is 10.0. The van der Waals surface area contributed by atoms with E-state index in [0.29, 0.717) is 23.1 Å². The maximum absolute atomic E-state index is 14.1. The molecule has 49 heavy (non-hydrogen) atoms. The number of rotatable bonds is 16. The first-order valence-corrected chi connectivity index (χ1v) is 15.6. The van der Waals surface area contributed by atoms with E-state index in [2.05, 4.69) is 31.2 Å². The Balaban J connectivity index is 1.63. The molecular weight excluding hydrogens is 628 g/mol. The van der Waals surface area contributed by atoms with Crippen LogP contribution < -0.4 is 32.7 Å². The molecule has 4 amide bonds.